The van der Waals surface area contributed by atoms with Crippen LogP contribution >= 0.6 is 24.8 Å². The quantitative estimate of drug-likeness (QED) is 0.877. The third kappa shape index (κ3) is 4.02. The molecule has 3 rings (SSSR count). The molecule has 23 heavy (non-hydrogen) atoms. The highest BCUT2D eigenvalue weighted by atomic mass is 35.5. The van der Waals surface area contributed by atoms with Crippen molar-refractivity contribution in [2.45, 2.75) is 44.2 Å². The molecule has 1 spiro atoms. The number of amides is 1. The fraction of sp³-hybridized carbons (Fsp3) is 0.688. The molecule has 0 radical (unpaired) electrons. The second-order valence-corrected chi connectivity index (χ2v) is 6.49. The predicted octanol–water partition coefficient (Wildman–Crippen LogP) is 2.67. The Hall–Kier alpha value is -0.750. The predicted molar refractivity (Wildman–Crippen MR) is 95.4 cm³/mol. The van der Waals surface area contributed by atoms with Crippen LogP contribution in [0.5, 0.6) is 0 Å². The highest BCUT2D eigenvalue weighted by molar-refractivity contribution is 5.94. The average Bonchev–Trinajstić information content (AvgIpc) is 2.96. The first-order chi connectivity index (χ1) is 10.1. The van der Waals surface area contributed by atoms with E-state index in [2.05, 4.69) is 16.8 Å². The van der Waals surface area contributed by atoms with Crippen molar-refractivity contribution in [2.75, 3.05) is 26.7 Å². The van der Waals surface area contributed by atoms with E-state index in [4.69, 9.17) is 10.2 Å². The zero-order valence-corrected chi connectivity index (χ0v) is 15.3. The minimum Gasteiger partial charge on any atom is -0.467 e. The molecule has 1 aliphatic carbocycles. The Morgan fingerprint density at radius 2 is 1.96 bits per heavy atom. The number of carbonyl (C=O) groups is 1. The molecule has 7 heteroatoms. The van der Waals surface area contributed by atoms with Crippen molar-refractivity contribution in [1.29, 1.82) is 0 Å². The highest BCUT2D eigenvalue weighted by Crippen LogP contribution is 2.37. The van der Waals surface area contributed by atoms with Gasteiger partial charge in [0.25, 0.3) is 5.91 Å². The number of furan rings is 1. The second-order valence-electron chi connectivity index (χ2n) is 6.49. The number of hydrogen-bond acceptors (Lipinski definition) is 4. The van der Waals surface area contributed by atoms with Crippen molar-refractivity contribution in [1.82, 2.24) is 9.80 Å². The summed E-state index contributed by atoms with van der Waals surface area (Å²) in [7, 11) is 2.16. The number of likely N-dealkylation sites (N-methyl/N-ethyl adjacent to an activating group) is 1. The van der Waals surface area contributed by atoms with Gasteiger partial charge in [0.15, 0.2) is 0 Å². The zero-order valence-electron chi connectivity index (χ0n) is 13.6. The number of nitrogens with zero attached hydrogens (tertiary/aromatic N) is 2. The van der Waals surface area contributed by atoms with Crippen molar-refractivity contribution in [2.24, 2.45) is 5.73 Å². The summed E-state index contributed by atoms with van der Waals surface area (Å²) in [6.45, 7) is 3.06. The summed E-state index contributed by atoms with van der Waals surface area (Å²) in [6.07, 6.45) is 7.51. The Morgan fingerprint density at radius 1 is 1.26 bits per heavy atom. The van der Waals surface area contributed by atoms with Gasteiger partial charge in [-0.2, -0.15) is 0 Å². The largest absolute Gasteiger partial charge is 0.467 e. The Morgan fingerprint density at radius 3 is 2.57 bits per heavy atom. The highest BCUT2D eigenvalue weighted by Gasteiger charge is 2.44. The lowest BCUT2D eigenvalue weighted by atomic mass is 9.78. The maximum absolute atomic E-state index is 12.9. The zero-order chi connectivity index (χ0) is 14.9. The molecule has 0 bridgehead atoms. The van der Waals surface area contributed by atoms with Gasteiger partial charge in [0.05, 0.1) is 17.6 Å². The maximum Gasteiger partial charge on any atom is 0.257 e. The van der Waals surface area contributed by atoms with Crippen LogP contribution in [0.4, 0.5) is 0 Å². The normalized spacial score (nSPS) is 20.7. The van der Waals surface area contributed by atoms with Crippen LogP contribution in [0.1, 0.15) is 48.2 Å². The molecule has 2 N–H and O–H groups in total. The molecule has 1 amide bonds. The third-order valence-electron chi connectivity index (χ3n) is 4.97. The minimum absolute atomic E-state index is 0. The first-order valence-corrected chi connectivity index (χ1v) is 7.93. The van der Waals surface area contributed by atoms with Gasteiger partial charge in [0.2, 0.25) is 0 Å². The smallest absolute Gasteiger partial charge is 0.257 e. The van der Waals surface area contributed by atoms with E-state index in [1.165, 1.54) is 19.3 Å². The van der Waals surface area contributed by atoms with E-state index in [-0.39, 0.29) is 36.3 Å². The molecule has 0 aromatic carbocycles. The van der Waals surface area contributed by atoms with Crippen molar-refractivity contribution in [3.63, 3.8) is 0 Å². The van der Waals surface area contributed by atoms with Crippen LogP contribution in [0, 0.1) is 0 Å². The van der Waals surface area contributed by atoms with Crippen LogP contribution in [-0.2, 0) is 6.54 Å². The van der Waals surface area contributed by atoms with Gasteiger partial charge in [-0.1, -0.05) is 19.3 Å². The molecule has 2 aliphatic rings. The van der Waals surface area contributed by atoms with Crippen LogP contribution in [0.15, 0.2) is 16.7 Å². The lowest BCUT2D eigenvalue weighted by Crippen LogP contribution is -2.63. The number of nitrogens with two attached hydrogens (primary N) is 1. The Balaban J connectivity index is 0.00000132. The number of halogens is 2. The van der Waals surface area contributed by atoms with Crippen LogP contribution in [0.3, 0.4) is 0 Å². The van der Waals surface area contributed by atoms with Crippen LogP contribution < -0.4 is 5.73 Å². The topological polar surface area (TPSA) is 62.7 Å². The Kier molecular flexibility index (Phi) is 7.39. The molecule has 0 unspecified atom stereocenters. The monoisotopic (exact) mass is 363 g/mol. The molecule has 1 aromatic heterocycles. The first kappa shape index (κ1) is 20.3. The lowest BCUT2D eigenvalue weighted by Gasteiger charge is -2.52. The number of piperazine rings is 1. The summed E-state index contributed by atoms with van der Waals surface area (Å²) in [5.41, 5.74) is 6.23. The van der Waals surface area contributed by atoms with E-state index in [0.717, 1.165) is 32.5 Å². The summed E-state index contributed by atoms with van der Waals surface area (Å²) in [5.74, 6) is 0.777. The summed E-state index contributed by atoms with van der Waals surface area (Å²) in [6, 6.07) is 1.79. The van der Waals surface area contributed by atoms with E-state index in [0.29, 0.717) is 17.9 Å². The van der Waals surface area contributed by atoms with Gasteiger partial charge in [0, 0.05) is 19.6 Å². The van der Waals surface area contributed by atoms with Gasteiger partial charge in [-0.3, -0.25) is 4.79 Å². The van der Waals surface area contributed by atoms with Gasteiger partial charge in [-0.15, -0.1) is 24.8 Å². The van der Waals surface area contributed by atoms with Crippen molar-refractivity contribution >= 4 is 30.7 Å². The standard InChI is InChI=1S/C16H25N3O2.2ClH/c1-18-7-8-19(16(12-18)5-3-2-4-6-16)15(20)13-9-14(10-17)21-11-13;;/h9,11H,2-8,10,12,17H2,1H3;2*1H. The van der Waals surface area contributed by atoms with Crippen molar-refractivity contribution in [3.8, 4) is 0 Å². The van der Waals surface area contributed by atoms with Crippen LogP contribution in [0.2, 0.25) is 0 Å². The Bertz CT molecular complexity index is 515. The molecule has 1 aromatic rings. The van der Waals surface area contributed by atoms with Crippen molar-refractivity contribution in [3.05, 3.63) is 23.7 Å². The van der Waals surface area contributed by atoms with Gasteiger partial charge in [0.1, 0.15) is 12.0 Å². The molecular weight excluding hydrogens is 337 g/mol. The van der Waals surface area contributed by atoms with Gasteiger partial charge >= 0.3 is 0 Å². The fourth-order valence-electron chi connectivity index (χ4n) is 3.89. The maximum atomic E-state index is 12.9. The molecule has 2 fully saturated rings. The van der Waals surface area contributed by atoms with E-state index in [1.54, 1.807) is 12.3 Å². The number of rotatable bonds is 2. The third-order valence-corrected chi connectivity index (χ3v) is 4.97. The van der Waals surface area contributed by atoms with E-state index < -0.39 is 0 Å². The average molecular weight is 364 g/mol. The molecule has 2 heterocycles. The summed E-state index contributed by atoms with van der Waals surface area (Å²) in [4.78, 5) is 17.4. The molecule has 1 aliphatic heterocycles. The van der Waals surface area contributed by atoms with Crippen LogP contribution in [0.25, 0.3) is 0 Å². The number of hydrogen-bond donors (Lipinski definition) is 1. The van der Waals surface area contributed by atoms with Gasteiger partial charge in [-0.25, -0.2) is 0 Å². The molecule has 1 saturated heterocycles. The summed E-state index contributed by atoms with van der Waals surface area (Å²) in [5, 5.41) is 0. The van der Waals surface area contributed by atoms with Crippen molar-refractivity contribution < 1.29 is 9.21 Å². The first-order valence-electron chi connectivity index (χ1n) is 7.93. The summed E-state index contributed by atoms with van der Waals surface area (Å²) < 4.78 is 5.34. The lowest BCUT2D eigenvalue weighted by molar-refractivity contribution is -0.00782. The van der Waals surface area contributed by atoms with E-state index >= 15 is 0 Å². The molecular formula is C16H27Cl2N3O2. The number of carbonyl (C=O) groups excluding carboxylic acids is 1. The van der Waals surface area contributed by atoms with Gasteiger partial charge < -0.3 is 20.0 Å². The van der Waals surface area contributed by atoms with E-state index in [1.807, 2.05) is 0 Å². The second kappa shape index (κ2) is 8.38. The molecule has 0 atom stereocenters. The molecule has 5 nitrogen and oxygen atoms in total. The van der Waals surface area contributed by atoms with Crippen LogP contribution in [-0.4, -0.2) is 47.9 Å². The van der Waals surface area contributed by atoms with E-state index in [9.17, 15) is 4.79 Å². The molecule has 132 valence electrons. The summed E-state index contributed by atoms with van der Waals surface area (Å²) >= 11 is 0. The van der Waals surface area contributed by atoms with Gasteiger partial charge in [-0.05, 0) is 26.0 Å². The molecule has 1 saturated carbocycles. The Labute approximate surface area is 150 Å². The fourth-order valence-corrected chi connectivity index (χ4v) is 3.89. The SMILES string of the molecule is CN1CCN(C(=O)c2coc(CN)c2)C2(CCCCC2)C1.Cl.Cl. The minimum atomic E-state index is 0.